The van der Waals surface area contributed by atoms with Crippen LogP contribution < -0.4 is 9.80 Å². The number of aryl methyl sites for hydroxylation is 6. The number of rotatable bonds is 10. The van der Waals surface area contributed by atoms with E-state index in [1.54, 1.807) is 0 Å². The molecule has 59 heavy (non-hydrogen) atoms. The second kappa shape index (κ2) is 16.5. The van der Waals surface area contributed by atoms with Crippen molar-refractivity contribution in [3.05, 3.63) is 238 Å². The molecule has 0 bridgehead atoms. The fraction of sp³-hybridized carbons (Fsp3) is 0.123. The van der Waals surface area contributed by atoms with Gasteiger partial charge >= 0.3 is 0 Å². The third-order valence-corrected chi connectivity index (χ3v) is 11.8. The first-order valence-electron chi connectivity index (χ1n) is 20.8. The van der Waals surface area contributed by atoms with Gasteiger partial charge in [-0.05, 0) is 156 Å². The predicted octanol–water partition coefficient (Wildman–Crippen LogP) is 15.4. The van der Waals surface area contributed by atoms with Gasteiger partial charge in [0, 0.05) is 29.2 Å². The van der Waals surface area contributed by atoms with Crippen LogP contribution in [-0.2, 0) is 19.3 Å². The van der Waals surface area contributed by atoms with Gasteiger partial charge in [-0.15, -0.1) is 0 Å². The first-order chi connectivity index (χ1) is 28.9. The highest BCUT2D eigenvalue weighted by Gasteiger charge is 2.26. The lowest BCUT2D eigenvalue weighted by atomic mass is 9.90. The molecule has 0 fully saturated rings. The topological polar surface area (TPSA) is 6.48 Å². The van der Waals surface area contributed by atoms with Gasteiger partial charge in [0.25, 0.3) is 0 Å². The zero-order valence-electron chi connectivity index (χ0n) is 34.5. The van der Waals surface area contributed by atoms with Crippen LogP contribution in [0.5, 0.6) is 0 Å². The Bertz CT molecular complexity index is 2740. The van der Waals surface area contributed by atoms with Gasteiger partial charge in [0.2, 0.25) is 0 Å². The lowest BCUT2D eigenvalue weighted by molar-refractivity contribution is 0.959. The Morgan fingerprint density at radius 1 is 0.475 bits per heavy atom. The SMILES string of the molecule is Cc1cc(-c2ccc3c(c2)Cc2cccc(C)c2N3c2ccc(CCc3ccccc3)cc2)ccc1N(c1ccc(/C=C/c2ccccc2)cc1)c1c(C)cccc1C. The summed E-state index contributed by atoms with van der Waals surface area (Å²) in [7, 11) is 0. The molecule has 9 rings (SSSR count). The Hall–Kier alpha value is -6.90. The minimum Gasteiger partial charge on any atom is -0.310 e. The highest BCUT2D eigenvalue weighted by Crippen LogP contribution is 2.47. The predicted molar refractivity (Wildman–Crippen MR) is 252 cm³/mol. The molecule has 0 unspecified atom stereocenters. The van der Waals surface area contributed by atoms with Crippen LogP contribution in [0.15, 0.2) is 182 Å². The molecule has 0 N–H and O–H groups in total. The van der Waals surface area contributed by atoms with Crippen molar-refractivity contribution in [2.75, 3.05) is 9.80 Å². The third-order valence-electron chi connectivity index (χ3n) is 11.8. The number of para-hydroxylation sites is 2. The van der Waals surface area contributed by atoms with Gasteiger partial charge in [0.15, 0.2) is 0 Å². The average molecular weight is 763 g/mol. The van der Waals surface area contributed by atoms with E-state index in [0.717, 1.165) is 24.9 Å². The van der Waals surface area contributed by atoms with Gasteiger partial charge in [-0.1, -0.05) is 146 Å². The molecule has 0 radical (unpaired) electrons. The first kappa shape index (κ1) is 37.7. The van der Waals surface area contributed by atoms with E-state index in [9.17, 15) is 0 Å². The monoisotopic (exact) mass is 762 g/mol. The molecule has 1 aliphatic rings. The summed E-state index contributed by atoms with van der Waals surface area (Å²) in [5.74, 6) is 0. The van der Waals surface area contributed by atoms with E-state index in [1.807, 2.05) is 0 Å². The second-order valence-corrected chi connectivity index (χ2v) is 16.0. The van der Waals surface area contributed by atoms with Crippen molar-refractivity contribution in [2.24, 2.45) is 0 Å². The third kappa shape index (κ3) is 7.87. The van der Waals surface area contributed by atoms with Gasteiger partial charge in [-0.25, -0.2) is 0 Å². The van der Waals surface area contributed by atoms with E-state index in [-0.39, 0.29) is 0 Å². The highest BCUT2D eigenvalue weighted by molar-refractivity contribution is 5.88. The normalized spacial score (nSPS) is 12.0. The van der Waals surface area contributed by atoms with E-state index in [1.165, 1.54) is 95.2 Å². The summed E-state index contributed by atoms with van der Waals surface area (Å²) in [6.45, 7) is 8.92. The minimum absolute atomic E-state index is 0.903. The molecule has 2 nitrogen and oxygen atoms in total. The van der Waals surface area contributed by atoms with Crippen molar-refractivity contribution < 1.29 is 0 Å². The molecule has 1 heterocycles. The molecule has 0 saturated carbocycles. The Labute approximate surface area is 350 Å². The highest BCUT2D eigenvalue weighted by atomic mass is 15.2. The smallest absolute Gasteiger partial charge is 0.0526 e. The molecule has 8 aromatic carbocycles. The van der Waals surface area contributed by atoms with Crippen LogP contribution >= 0.6 is 0 Å². The molecule has 1 aliphatic heterocycles. The molecule has 288 valence electrons. The first-order valence-corrected chi connectivity index (χ1v) is 20.8. The summed E-state index contributed by atoms with van der Waals surface area (Å²) in [6, 6.07) is 66.8. The molecule has 2 heteroatoms. The Kier molecular flexibility index (Phi) is 10.5. The fourth-order valence-electron chi connectivity index (χ4n) is 8.77. The fourth-order valence-corrected chi connectivity index (χ4v) is 8.77. The lowest BCUT2D eigenvalue weighted by Crippen LogP contribution is -2.19. The summed E-state index contributed by atoms with van der Waals surface area (Å²) in [5, 5.41) is 0. The van der Waals surface area contributed by atoms with Crippen LogP contribution in [0, 0.1) is 27.7 Å². The zero-order valence-corrected chi connectivity index (χ0v) is 34.5. The number of fused-ring (bicyclic) bond motifs is 2. The second-order valence-electron chi connectivity index (χ2n) is 16.0. The summed E-state index contributed by atoms with van der Waals surface area (Å²) in [6.07, 6.45) is 7.33. The quantitative estimate of drug-likeness (QED) is 0.128. The lowest BCUT2D eigenvalue weighted by Gasteiger charge is -2.35. The van der Waals surface area contributed by atoms with E-state index in [0.29, 0.717) is 0 Å². The molecule has 0 amide bonds. The van der Waals surface area contributed by atoms with Gasteiger partial charge < -0.3 is 9.80 Å². The minimum atomic E-state index is 0.903. The van der Waals surface area contributed by atoms with Crippen LogP contribution in [0.1, 0.15) is 55.6 Å². The van der Waals surface area contributed by atoms with E-state index in [4.69, 9.17) is 0 Å². The summed E-state index contributed by atoms with van der Waals surface area (Å²) in [5.41, 5.74) is 22.6. The molecule has 8 aromatic rings. The molecular formula is C57H50N2. The van der Waals surface area contributed by atoms with Crippen molar-refractivity contribution in [3.63, 3.8) is 0 Å². The van der Waals surface area contributed by atoms with Crippen molar-refractivity contribution in [1.82, 2.24) is 0 Å². The van der Waals surface area contributed by atoms with Gasteiger partial charge in [-0.2, -0.15) is 0 Å². The van der Waals surface area contributed by atoms with Crippen molar-refractivity contribution in [3.8, 4) is 11.1 Å². The van der Waals surface area contributed by atoms with Crippen LogP contribution in [0.3, 0.4) is 0 Å². The summed E-state index contributed by atoms with van der Waals surface area (Å²) in [4.78, 5) is 4.92. The van der Waals surface area contributed by atoms with Crippen LogP contribution in [0.2, 0.25) is 0 Å². The number of nitrogens with zero attached hydrogens (tertiary/aromatic N) is 2. The molecule has 0 aliphatic carbocycles. The van der Waals surface area contributed by atoms with Gasteiger partial charge in [0.05, 0.1) is 11.4 Å². The number of hydrogen-bond donors (Lipinski definition) is 0. The van der Waals surface area contributed by atoms with E-state index in [2.05, 4.69) is 232 Å². The number of hydrogen-bond acceptors (Lipinski definition) is 2. The Morgan fingerprint density at radius 2 is 1.07 bits per heavy atom. The molecule has 0 saturated heterocycles. The summed E-state index contributed by atoms with van der Waals surface area (Å²) < 4.78 is 0. The largest absolute Gasteiger partial charge is 0.310 e. The van der Waals surface area contributed by atoms with Gasteiger partial charge in [-0.3, -0.25) is 0 Å². The van der Waals surface area contributed by atoms with Crippen LogP contribution in [0.4, 0.5) is 34.1 Å². The van der Waals surface area contributed by atoms with Crippen molar-refractivity contribution in [1.29, 1.82) is 0 Å². The average Bonchev–Trinajstić information content (AvgIpc) is 3.27. The van der Waals surface area contributed by atoms with Crippen molar-refractivity contribution >= 4 is 46.3 Å². The maximum Gasteiger partial charge on any atom is 0.0526 e. The van der Waals surface area contributed by atoms with E-state index >= 15 is 0 Å². The molecule has 0 spiro atoms. The number of benzene rings is 8. The van der Waals surface area contributed by atoms with Gasteiger partial charge in [0.1, 0.15) is 0 Å². The Morgan fingerprint density at radius 3 is 1.76 bits per heavy atom. The van der Waals surface area contributed by atoms with Crippen LogP contribution in [-0.4, -0.2) is 0 Å². The molecule has 0 atom stereocenters. The number of anilines is 6. The maximum absolute atomic E-state index is 2.48. The summed E-state index contributed by atoms with van der Waals surface area (Å²) >= 11 is 0. The van der Waals surface area contributed by atoms with Crippen LogP contribution in [0.25, 0.3) is 23.3 Å². The maximum atomic E-state index is 2.48. The zero-order chi connectivity index (χ0) is 40.3. The van der Waals surface area contributed by atoms with E-state index < -0.39 is 0 Å². The Balaban J connectivity index is 1.03. The van der Waals surface area contributed by atoms with Crippen molar-refractivity contribution in [2.45, 2.75) is 47.0 Å². The molecular weight excluding hydrogens is 713 g/mol. The molecule has 0 aromatic heterocycles. The standard InChI is InChI=1S/C57H50N2/c1-40-13-11-14-41(2)56(40)58(52-31-25-46(26-32-52)23-21-44-16-7-5-8-17-44)54-35-29-48(37-43(54)4)49-30-36-55-51(38-49)39-50-20-12-15-42(3)57(50)59(55)53-33-27-47(28-34-53)24-22-45-18-9-6-10-19-45/h5-21,23,25-38H,22,24,39H2,1-4H3/b23-21+.